The number of hydrogen-bond acceptors (Lipinski definition) is 4. The molecule has 0 radical (unpaired) electrons. The van der Waals surface area contributed by atoms with E-state index >= 15 is 0 Å². The van der Waals surface area contributed by atoms with Crippen molar-refractivity contribution >= 4 is 17.4 Å². The zero-order valence-corrected chi connectivity index (χ0v) is 12.9. The summed E-state index contributed by atoms with van der Waals surface area (Å²) < 4.78 is 7.32. The van der Waals surface area contributed by atoms with Crippen LogP contribution >= 0.6 is 11.8 Å². The highest BCUT2D eigenvalue weighted by Crippen LogP contribution is 2.30. The Kier molecular flexibility index (Phi) is 4.10. The second-order valence-electron chi connectivity index (χ2n) is 4.63. The van der Waals surface area contributed by atoms with Gasteiger partial charge in [0.25, 0.3) is 0 Å². The van der Waals surface area contributed by atoms with Gasteiger partial charge in [-0.05, 0) is 24.3 Å². The molecule has 2 aromatic heterocycles. The van der Waals surface area contributed by atoms with Gasteiger partial charge >= 0.3 is 0 Å². The van der Waals surface area contributed by atoms with E-state index in [0.717, 1.165) is 34.1 Å². The summed E-state index contributed by atoms with van der Waals surface area (Å²) in [4.78, 5) is 4.64. The lowest BCUT2D eigenvalue weighted by Crippen LogP contribution is -1.97. The van der Waals surface area contributed by atoms with Crippen molar-refractivity contribution in [2.75, 3.05) is 12.9 Å². The van der Waals surface area contributed by atoms with E-state index in [9.17, 15) is 0 Å². The highest BCUT2D eigenvalue weighted by molar-refractivity contribution is 7.99. The largest absolute Gasteiger partial charge is 0.479 e. The smallest absolute Gasteiger partial charge is 0.243 e. The van der Waals surface area contributed by atoms with Crippen molar-refractivity contribution in [1.82, 2.24) is 14.6 Å². The maximum Gasteiger partial charge on any atom is 0.243 e. The van der Waals surface area contributed by atoms with E-state index < -0.39 is 0 Å². The fraction of sp³-hybridized carbons (Fsp3) is 0.250. The van der Waals surface area contributed by atoms with Crippen LogP contribution in [-0.4, -0.2) is 27.5 Å². The molecule has 0 saturated heterocycles. The Bertz CT molecular complexity index is 740. The van der Waals surface area contributed by atoms with Crippen molar-refractivity contribution in [3.63, 3.8) is 0 Å². The number of ether oxygens (including phenoxy) is 1. The number of aromatic nitrogens is 3. The highest BCUT2D eigenvalue weighted by Gasteiger charge is 2.15. The van der Waals surface area contributed by atoms with Crippen LogP contribution in [0.5, 0.6) is 5.88 Å². The maximum absolute atomic E-state index is 5.54. The molecule has 0 bridgehead atoms. The molecule has 0 atom stereocenters. The minimum atomic E-state index is 0.676. The molecular formula is C16H17N3OS. The minimum Gasteiger partial charge on any atom is -0.479 e. The van der Waals surface area contributed by atoms with Crippen molar-refractivity contribution in [3.8, 4) is 17.1 Å². The monoisotopic (exact) mass is 299 g/mol. The lowest BCUT2D eigenvalue weighted by molar-refractivity contribution is 0.387. The van der Waals surface area contributed by atoms with Crippen molar-refractivity contribution in [3.05, 3.63) is 42.5 Å². The number of fused-ring (bicyclic) bond motifs is 1. The van der Waals surface area contributed by atoms with E-state index in [1.54, 1.807) is 23.4 Å². The molecular weight excluding hydrogens is 282 g/mol. The summed E-state index contributed by atoms with van der Waals surface area (Å²) in [6.45, 7) is 2.16. The summed E-state index contributed by atoms with van der Waals surface area (Å²) in [5, 5.41) is 5.61. The number of hydrogen-bond donors (Lipinski definition) is 0. The van der Waals surface area contributed by atoms with Crippen LogP contribution in [-0.2, 0) is 0 Å². The molecule has 5 heteroatoms. The summed E-state index contributed by atoms with van der Waals surface area (Å²) in [5.41, 5.74) is 2.65. The average Bonchev–Trinajstić information content (AvgIpc) is 2.91. The van der Waals surface area contributed by atoms with Gasteiger partial charge in [-0.25, -0.2) is 4.98 Å². The molecule has 0 spiro atoms. The fourth-order valence-corrected chi connectivity index (χ4v) is 2.86. The van der Waals surface area contributed by atoms with Gasteiger partial charge in [-0.1, -0.05) is 37.3 Å². The lowest BCUT2D eigenvalue weighted by atomic mass is 10.2. The molecule has 4 nitrogen and oxygen atoms in total. The summed E-state index contributed by atoms with van der Waals surface area (Å²) in [5.74, 6) is 1.73. The SMILES string of the molecule is CCCSc1ccc2nc(-c3ccccc3)c(OC)n2n1. The van der Waals surface area contributed by atoms with E-state index in [2.05, 4.69) is 17.0 Å². The van der Waals surface area contributed by atoms with Crippen molar-refractivity contribution in [1.29, 1.82) is 0 Å². The molecule has 0 aliphatic rings. The second-order valence-corrected chi connectivity index (χ2v) is 5.74. The van der Waals surface area contributed by atoms with E-state index in [1.165, 1.54) is 0 Å². The Morgan fingerprint density at radius 1 is 1.14 bits per heavy atom. The van der Waals surface area contributed by atoms with Crippen LogP contribution in [0.25, 0.3) is 16.9 Å². The Hall–Kier alpha value is -2.01. The number of benzene rings is 1. The molecule has 0 N–H and O–H groups in total. The van der Waals surface area contributed by atoms with Gasteiger partial charge in [0, 0.05) is 5.56 Å². The van der Waals surface area contributed by atoms with Crippen LogP contribution in [0.2, 0.25) is 0 Å². The highest BCUT2D eigenvalue weighted by atomic mass is 32.2. The van der Waals surface area contributed by atoms with Gasteiger partial charge in [-0.3, -0.25) is 0 Å². The number of rotatable bonds is 5. The number of methoxy groups -OCH3 is 1. The average molecular weight is 299 g/mol. The molecule has 108 valence electrons. The molecule has 0 unspecified atom stereocenters. The molecule has 1 aromatic carbocycles. The summed E-state index contributed by atoms with van der Waals surface area (Å²) >= 11 is 1.74. The Morgan fingerprint density at radius 2 is 1.95 bits per heavy atom. The lowest BCUT2D eigenvalue weighted by Gasteiger charge is -2.04. The van der Waals surface area contributed by atoms with Gasteiger partial charge in [-0.15, -0.1) is 11.8 Å². The first kappa shape index (κ1) is 13.9. The molecule has 0 aliphatic heterocycles. The quantitative estimate of drug-likeness (QED) is 0.670. The normalized spacial score (nSPS) is 11.0. The predicted octanol–water partition coefficient (Wildman–Crippen LogP) is 3.91. The maximum atomic E-state index is 5.54. The van der Waals surface area contributed by atoms with Gasteiger partial charge in [0.15, 0.2) is 5.65 Å². The van der Waals surface area contributed by atoms with E-state index in [4.69, 9.17) is 4.74 Å². The predicted molar refractivity (Wildman–Crippen MR) is 86.0 cm³/mol. The Morgan fingerprint density at radius 3 is 2.67 bits per heavy atom. The summed E-state index contributed by atoms with van der Waals surface area (Å²) in [6.07, 6.45) is 1.13. The van der Waals surface area contributed by atoms with Gasteiger partial charge < -0.3 is 4.74 Å². The van der Waals surface area contributed by atoms with Crippen LogP contribution in [0.3, 0.4) is 0 Å². The second kappa shape index (κ2) is 6.18. The molecule has 0 aliphatic carbocycles. The molecule has 3 aromatic rings. The van der Waals surface area contributed by atoms with E-state index in [-0.39, 0.29) is 0 Å². The third-order valence-electron chi connectivity index (χ3n) is 3.11. The molecule has 0 amide bonds. The van der Waals surface area contributed by atoms with Crippen LogP contribution in [0.1, 0.15) is 13.3 Å². The molecule has 0 saturated carbocycles. The van der Waals surface area contributed by atoms with Crippen LogP contribution in [0.4, 0.5) is 0 Å². The topological polar surface area (TPSA) is 39.4 Å². The first-order valence-electron chi connectivity index (χ1n) is 6.95. The van der Waals surface area contributed by atoms with Crippen molar-refractivity contribution < 1.29 is 4.74 Å². The molecule has 21 heavy (non-hydrogen) atoms. The standard InChI is InChI=1S/C16H17N3OS/c1-3-11-21-14-10-9-13-17-15(12-7-5-4-6-8-12)16(20-2)19(13)18-14/h4-10H,3,11H2,1-2H3. The third kappa shape index (κ3) is 2.74. The zero-order chi connectivity index (χ0) is 14.7. The van der Waals surface area contributed by atoms with E-state index in [1.807, 2.05) is 42.5 Å². The van der Waals surface area contributed by atoms with Crippen molar-refractivity contribution in [2.45, 2.75) is 18.4 Å². The Labute approximate surface area is 128 Å². The van der Waals surface area contributed by atoms with Gasteiger partial charge in [0.2, 0.25) is 5.88 Å². The van der Waals surface area contributed by atoms with Crippen LogP contribution in [0, 0.1) is 0 Å². The van der Waals surface area contributed by atoms with Crippen molar-refractivity contribution in [2.24, 2.45) is 0 Å². The van der Waals surface area contributed by atoms with Gasteiger partial charge in [0.05, 0.1) is 7.11 Å². The zero-order valence-electron chi connectivity index (χ0n) is 12.1. The number of imidazole rings is 1. The van der Waals surface area contributed by atoms with Gasteiger partial charge in [-0.2, -0.15) is 9.61 Å². The first-order valence-corrected chi connectivity index (χ1v) is 7.94. The van der Waals surface area contributed by atoms with Crippen LogP contribution < -0.4 is 4.74 Å². The number of nitrogens with zero attached hydrogens (tertiary/aromatic N) is 3. The molecule has 2 heterocycles. The summed E-state index contributed by atoms with van der Waals surface area (Å²) in [6, 6.07) is 14.0. The molecule has 0 fully saturated rings. The fourth-order valence-electron chi connectivity index (χ4n) is 2.15. The summed E-state index contributed by atoms with van der Waals surface area (Å²) in [7, 11) is 1.66. The third-order valence-corrected chi connectivity index (χ3v) is 4.23. The van der Waals surface area contributed by atoms with Crippen LogP contribution in [0.15, 0.2) is 47.5 Å². The van der Waals surface area contributed by atoms with Gasteiger partial charge in [0.1, 0.15) is 10.7 Å². The Balaban J connectivity index is 2.10. The molecule has 3 rings (SSSR count). The first-order chi connectivity index (χ1) is 10.3. The van der Waals surface area contributed by atoms with E-state index in [0.29, 0.717) is 5.88 Å². The minimum absolute atomic E-state index is 0.676. The number of thioether (sulfide) groups is 1.